The van der Waals surface area contributed by atoms with Gasteiger partial charge in [0.05, 0.1) is 17.1 Å². The highest BCUT2D eigenvalue weighted by Crippen LogP contribution is 2.23. The fourth-order valence-electron chi connectivity index (χ4n) is 1.81. The van der Waals surface area contributed by atoms with Gasteiger partial charge in [-0.25, -0.2) is 13.1 Å². The molecule has 1 aromatic carbocycles. The van der Waals surface area contributed by atoms with Gasteiger partial charge in [0.15, 0.2) is 5.76 Å². The summed E-state index contributed by atoms with van der Waals surface area (Å²) in [6.45, 7) is 2.43. The summed E-state index contributed by atoms with van der Waals surface area (Å²) in [4.78, 5) is 0.200. The summed E-state index contributed by atoms with van der Waals surface area (Å²) >= 11 is 3.27. The molecule has 2 N–H and O–H groups in total. The molecule has 0 aliphatic heterocycles. The molecular weight excluding hydrogens is 358 g/mol. The molecule has 0 aliphatic carbocycles. The van der Waals surface area contributed by atoms with Crippen molar-refractivity contribution in [2.75, 3.05) is 7.05 Å². The van der Waals surface area contributed by atoms with Crippen LogP contribution in [-0.2, 0) is 23.1 Å². The van der Waals surface area contributed by atoms with Crippen LogP contribution >= 0.6 is 15.9 Å². The Labute approximate surface area is 132 Å². The topological polar surface area (TPSA) is 84.2 Å². The van der Waals surface area contributed by atoms with Crippen LogP contribution in [0.3, 0.4) is 0 Å². The monoisotopic (exact) mass is 373 g/mol. The lowest BCUT2D eigenvalue weighted by atomic mass is 10.2. The first-order valence-corrected chi connectivity index (χ1v) is 8.55. The summed E-state index contributed by atoms with van der Waals surface area (Å²) in [6.07, 6.45) is 0. The second-order valence-electron chi connectivity index (χ2n) is 4.55. The number of aryl methyl sites for hydroxylation is 1. The van der Waals surface area contributed by atoms with Gasteiger partial charge in [0.25, 0.3) is 0 Å². The minimum atomic E-state index is -3.63. The third-order valence-electron chi connectivity index (χ3n) is 2.78. The second kappa shape index (κ2) is 6.69. The lowest BCUT2D eigenvalue weighted by molar-refractivity contribution is 0.377. The van der Waals surface area contributed by atoms with Gasteiger partial charge in [0.1, 0.15) is 0 Å². The van der Waals surface area contributed by atoms with Crippen molar-refractivity contribution in [1.82, 2.24) is 15.2 Å². The van der Waals surface area contributed by atoms with Crippen molar-refractivity contribution >= 4 is 26.0 Å². The van der Waals surface area contributed by atoms with E-state index in [1.54, 1.807) is 32.2 Å². The van der Waals surface area contributed by atoms with Crippen LogP contribution in [0.4, 0.5) is 0 Å². The summed E-state index contributed by atoms with van der Waals surface area (Å²) in [5.74, 6) is 0.471. The fraction of sp³-hybridized carbons (Fsp3) is 0.308. The van der Waals surface area contributed by atoms with Crippen LogP contribution in [0.25, 0.3) is 0 Å². The third-order valence-corrected chi connectivity index (χ3v) is 5.17. The Morgan fingerprint density at radius 1 is 1.29 bits per heavy atom. The van der Waals surface area contributed by atoms with Gasteiger partial charge >= 0.3 is 0 Å². The minimum Gasteiger partial charge on any atom is -0.360 e. The van der Waals surface area contributed by atoms with Crippen LogP contribution in [0.1, 0.15) is 17.0 Å². The number of nitrogens with zero attached hydrogens (tertiary/aromatic N) is 1. The molecule has 0 radical (unpaired) electrons. The Morgan fingerprint density at radius 2 is 2.05 bits per heavy atom. The van der Waals surface area contributed by atoms with Gasteiger partial charge < -0.3 is 9.84 Å². The first kappa shape index (κ1) is 16.2. The molecule has 2 rings (SSSR count). The molecule has 114 valence electrons. The smallest absolute Gasteiger partial charge is 0.242 e. The molecule has 2 aromatic rings. The number of benzene rings is 1. The van der Waals surface area contributed by atoms with Gasteiger partial charge in [0, 0.05) is 17.1 Å². The van der Waals surface area contributed by atoms with Crippen molar-refractivity contribution < 1.29 is 12.9 Å². The van der Waals surface area contributed by atoms with Gasteiger partial charge in [-0.05, 0) is 47.6 Å². The van der Waals surface area contributed by atoms with E-state index >= 15 is 0 Å². The Kier molecular flexibility index (Phi) is 5.15. The normalized spacial score (nSPS) is 11.8. The van der Waals surface area contributed by atoms with Crippen molar-refractivity contribution in [3.05, 3.63) is 45.8 Å². The van der Waals surface area contributed by atoms with E-state index in [1.807, 2.05) is 6.07 Å². The lowest BCUT2D eigenvalue weighted by Gasteiger charge is -2.09. The maximum Gasteiger partial charge on any atom is 0.242 e. The Bertz CT molecular complexity index is 728. The highest BCUT2D eigenvalue weighted by molar-refractivity contribution is 9.10. The summed E-state index contributed by atoms with van der Waals surface area (Å²) in [6, 6.07) is 6.91. The number of hydrogen-bond acceptors (Lipinski definition) is 5. The van der Waals surface area contributed by atoms with Crippen molar-refractivity contribution in [1.29, 1.82) is 0 Å². The maximum atomic E-state index is 12.4. The van der Waals surface area contributed by atoms with Crippen LogP contribution in [0.15, 0.2) is 38.2 Å². The highest BCUT2D eigenvalue weighted by atomic mass is 79.9. The Morgan fingerprint density at radius 3 is 2.67 bits per heavy atom. The number of hydrogen-bond donors (Lipinski definition) is 2. The molecule has 0 amide bonds. The predicted octanol–water partition coefficient (Wildman–Crippen LogP) is 1.94. The molecule has 8 heteroatoms. The van der Waals surface area contributed by atoms with Crippen molar-refractivity contribution in [3.8, 4) is 0 Å². The van der Waals surface area contributed by atoms with Gasteiger partial charge in [-0.3, -0.25) is 0 Å². The summed E-state index contributed by atoms with van der Waals surface area (Å²) in [7, 11) is -1.83. The van der Waals surface area contributed by atoms with Crippen molar-refractivity contribution in [2.45, 2.75) is 24.9 Å². The zero-order chi connectivity index (χ0) is 15.5. The molecule has 0 bridgehead atoms. The molecule has 0 fully saturated rings. The molecule has 6 nitrogen and oxygen atoms in total. The summed E-state index contributed by atoms with van der Waals surface area (Å²) in [5, 5.41) is 6.71. The molecule has 1 aromatic heterocycles. The van der Waals surface area contributed by atoms with Crippen molar-refractivity contribution in [3.63, 3.8) is 0 Å². The summed E-state index contributed by atoms with van der Waals surface area (Å²) < 4.78 is 32.7. The van der Waals surface area contributed by atoms with Crippen LogP contribution in [0.5, 0.6) is 0 Å². The molecular formula is C13H16BrN3O3S. The van der Waals surface area contributed by atoms with Crippen LogP contribution in [-0.4, -0.2) is 20.6 Å². The third kappa shape index (κ3) is 4.13. The molecule has 0 atom stereocenters. The molecule has 0 saturated carbocycles. The molecule has 0 aliphatic rings. The Hall–Kier alpha value is -1.22. The van der Waals surface area contributed by atoms with Gasteiger partial charge in [-0.2, -0.15) is 0 Å². The fourth-order valence-corrected chi connectivity index (χ4v) is 3.82. The van der Waals surface area contributed by atoms with Crippen LogP contribution in [0.2, 0.25) is 0 Å². The minimum absolute atomic E-state index is 0.0614. The van der Waals surface area contributed by atoms with Crippen molar-refractivity contribution in [2.24, 2.45) is 0 Å². The van der Waals surface area contributed by atoms with E-state index in [0.717, 1.165) is 5.56 Å². The zero-order valence-corrected chi connectivity index (χ0v) is 14.1. The van der Waals surface area contributed by atoms with E-state index in [1.165, 1.54) is 0 Å². The molecule has 0 saturated heterocycles. The first-order valence-electron chi connectivity index (χ1n) is 6.27. The van der Waals surface area contributed by atoms with Crippen LogP contribution < -0.4 is 10.0 Å². The van der Waals surface area contributed by atoms with E-state index in [2.05, 4.69) is 31.1 Å². The van der Waals surface area contributed by atoms with E-state index < -0.39 is 10.0 Å². The van der Waals surface area contributed by atoms with E-state index in [0.29, 0.717) is 22.5 Å². The van der Waals surface area contributed by atoms with Crippen LogP contribution in [0, 0.1) is 6.92 Å². The average molecular weight is 374 g/mol. The average Bonchev–Trinajstić information content (AvgIpc) is 2.85. The van der Waals surface area contributed by atoms with Gasteiger partial charge in [-0.15, -0.1) is 0 Å². The summed E-state index contributed by atoms with van der Waals surface area (Å²) in [5.41, 5.74) is 1.60. The molecule has 0 spiro atoms. The number of halogens is 1. The quantitative estimate of drug-likeness (QED) is 0.808. The highest BCUT2D eigenvalue weighted by Gasteiger charge is 2.18. The lowest BCUT2D eigenvalue weighted by Crippen LogP contribution is -2.23. The Balaban J connectivity index is 2.20. The number of nitrogens with one attached hydrogen (secondary N) is 2. The van der Waals surface area contributed by atoms with E-state index in [-0.39, 0.29) is 11.4 Å². The number of rotatable bonds is 6. The maximum absolute atomic E-state index is 12.4. The molecule has 1 heterocycles. The molecule has 0 unspecified atom stereocenters. The second-order valence-corrected chi connectivity index (χ2v) is 7.14. The predicted molar refractivity (Wildman–Crippen MR) is 82.2 cm³/mol. The number of sulfonamides is 1. The molecule has 21 heavy (non-hydrogen) atoms. The van der Waals surface area contributed by atoms with E-state index in [9.17, 15) is 8.42 Å². The van der Waals surface area contributed by atoms with Gasteiger partial charge in [-0.1, -0.05) is 11.2 Å². The number of aromatic nitrogens is 1. The first-order chi connectivity index (χ1) is 9.92. The standard InChI is InChI=1S/C13H16BrN3O3S/c1-9-5-11(20-17-9)8-16-21(18,19)13-6-10(7-15-2)3-4-12(13)14/h3-6,15-16H,7-8H2,1-2H3. The largest absolute Gasteiger partial charge is 0.360 e. The van der Waals surface area contributed by atoms with E-state index in [4.69, 9.17) is 4.52 Å². The van der Waals surface area contributed by atoms with Gasteiger partial charge in [0.2, 0.25) is 10.0 Å². The SMILES string of the molecule is CNCc1ccc(Br)c(S(=O)(=O)NCc2cc(C)no2)c1. The zero-order valence-electron chi connectivity index (χ0n) is 11.7.